The summed E-state index contributed by atoms with van der Waals surface area (Å²) in [6.45, 7) is 0. The van der Waals surface area contributed by atoms with Gasteiger partial charge in [0.2, 0.25) is 0 Å². The lowest BCUT2D eigenvalue weighted by Crippen LogP contribution is -2.15. The molecule has 0 radical (unpaired) electrons. The average molecular weight is 761 g/mol. The van der Waals surface area contributed by atoms with Crippen LogP contribution in [0.2, 0.25) is 0 Å². The van der Waals surface area contributed by atoms with E-state index in [1.165, 1.54) is 58.3 Å². The van der Waals surface area contributed by atoms with Crippen LogP contribution in [0.15, 0.2) is 146 Å². The standard InChI is InChI=1S/C40H24F12N2/c41-37(42,43)27-19-28(38(44,45)46)22-35(21-27)53(31-7-3-1-4-8-31)33-15-11-25(12-16-33)26-13-17-34(18-14-26)54(32-9-5-2-6-10-32)36-23-29(39(47,48)49)20-30(24-36)40(50,51)52/h1-24H. The van der Waals surface area contributed by atoms with Crippen molar-refractivity contribution in [3.8, 4) is 11.1 Å². The smallest absolute Gasteiger partial charge is 0.310 e. The molecule has 2 nitrogen and oxygen atoms in total. The summed E-state index contributed by atoms with van der Waals surface area (Å²) in [7, 11) is 0. The SMILES string of the molecule is FC(F)(F)c1cc(N(c2ccccc2)c2ccc(-c3ccc(N(c4ccccc4)c4cc(C(F)(F)F)cc(C(F)(F)F)c4)cc3)cc2)cc(C(F)(F)F)c1. The summed E-state index contributed by atoms with van der Waals surface area (Å²) in [5.74, 6) is 0. The maximum absolute atomic E-state index is 13.8. The van der Waals surface area contributed by atoms with E-state index in [-0.39, 0.29) is 34.9 Å². The Bertz CT molecular complexity index is 1980. The molecule has 278 valence electrons. The van der Waals surface area contributed by atoms with Gasteiger partial charge >= 0.3 is 24.7 Å². The molecular weight excluding hydrogens is 736 g/mol. The third-order valence-electron chi connectivity index (χ3n) is 8.27. The second kappa shape index (κ2) is 14.1. The van der Waals surface area contributed by atoms with Crippen LogP contribution < -0.4 is 9.80 Å². The Morgan fingerprint density at radius 3 is 0.741 bits per heavy atom. The summed E-state index contributed by atoms with van der Waals surface area (Å²) in [4.78, 5) is 2.47. The predicted octanol–water partition coefficient (Wildman–Crippen LogP) is 14.4. The summed E-state index contributed by atoms with van der Waals surface area (Å²) >= 11 is 0. The number of halogens is 12. The van der Waals surface area contributed by atoms with Crippen LogP contribution >= 0.6 is 0 Å². The lowest BCUT2D eigenvalue weighted by Gasteiger charge is -2.28. The molecule has 0 heterocycles. The number of benzene rings is 6. The van der Waals surface area contributed by atoms with Crippen molar-refractivity contribution in [1.82, 2.24) is 0 Å². The van der Waals surface area contributed by atoms with Gasteiger partial charge in [-0.15, -0.1) is 0 Å². The van der Waals surface area contributed by atoms with E-state index in [1.54, 1.807) is 60.7 Å². The second-order valence-corrected chi connectivity index (χ2v) is 12.0. The molecule has 14 heteroatoms. The summed E-state index contributed by atoms with van der Waals surface area (Å²) in [6.07, 6.45) is -20.3. The van der Waals surface area contributed by atoms with Gasteiger partial charge in [-0.05, 0) is 96.1 Å². The van der Waals surface area contributed by atoms with E-state index in [1.807, 2.05) is 0 Å². The van der Waals surface area contributed by atoms with Gasteiger partial charge in [-0.25, -0.2) is 0 Å². The van der Waals surface area contributed by atoms with Crippen molar-refractivity contribution in [3.63, 3.8) is 0 Å². The second-order valence-electron chi connectivity index (χ2n) is 12.0. The van der Waals surface area contributed by atoms with Gasteiger partial charge in [0.15, 0.2) is 0 Å². The molecule has 0 aliphatic rings. The van der Waals surface area contributed by atoms with Crippen LogP contribution in [0.4, 0.5) is 86.8 Å². The monoisotopic (exact) mass is 760 g/mol. The molecule has 0 amide bonds. The van der Waals surface area contributed by atoms with Crippen molar-refractivity contribution in [2.45, 2.75) is 24.7 Å². The molecule has 0 aliphatic heterocycles. The van der Waals surface area contributed by atoms with Crippen molar-refractivity contribution in [2.75, 3.05) is 9.80 Å². The highest BCUT2D eigenvalue weighted by atomic mass is 19.4. The molecule has 0 aliphatic carbocycles. The summed E-state index contributed by atoms with van der Waals surface area (Å²) in [5, 5.41) is 0. The number of para-hydroxylation sites is 2. The molecule has 6 aromatic carbocycles. The van der Waals surface area contributed by atoms with Gasteiger partial charge in [0.1, 0.15) is 0 Å². The molecule has 0 aromatic heterocycles. The number of nitrogens with zero attached hydrogens (tertiary/aromatic N) is 2. The number of alkyl halides is 12. The van der Waals surface area contributed by atoms with Gasteiger partial charge in [-0.1, -0.05) is 60.7 Å². The predicted molar refractivity (Wildman–Crippen MR) is 181 cm³/mol. The Morgan fingerprint density at radius 1 is 0.259 bits per heavy atom. The van der Waals surface area contributed by atoms with Crippen LogP contribution in [-0.4, -0.2) is 0 Å². The van der Waals surface area contributed by atoms with Crippen LogP contribution in [0.1, 0.15) is 22.3 Å². The Balaban J connectivity index is 1.40. The zero-order chi connectivity index (χ0) is 39.1. The lowest BCUT2D eigenvalue weighted by atomic mass is 10.0. The third kappa shape index (κ3) is 8.32. The van der Waals surface area contributed by atoms with Crippen molar-refractivity contribution in [2.24, 2.45) is 0 Å². The highest BCUT2D eigenvalue weighted by Gasteiger charge is 2.39. The van der Waals surface area contributed by atoms with Crippen LogP contribution in [0, 0.1) is 0 Å². The molecular formula is C40H24F12N2. The van der Waals surface area contributed by atoms with Crippen molar-refractivity contribution >= 4 is 34.1 Å². The largest absolute Gasteiger partial charge is 0.416 e. The normalized spacial score (nSPS) is 12.4. The first-order chi connectivity index (χ1) is 25.3. The van der Waals surface area contributed by atoms with E-state index in [2.05, 4.69) is 0 Å². The van der Waals surface area contributed by atoms with Gasteiger partial charge in [0.05, 0.1) is 22.3 Å². The molecule has 6 rings (SSSR count). The van der Waals surface area contributed by atoms with E-state index < -0.39 is 58.3 Å². The molecule has 0 N–H and O–H groups in total. The Hall–Kier alpha value is -5.92. The van der Waals surface area contributed by atoms with Crippen LogP contribution in [-0.2, 0) is 24.7 Å². The summed E-state index contributed by atoms with van der Waals surface area (Å²) in [5.41, 5.74) is -4.73. The van der Waals surface area contributed by atoms with Gasteiger partial charge in [-0.3, -0.25) is 0 Å². The molecule has 0 saturated heterocycles. The quantitative estimate of drug-likeness (QED) is 0.150. The Kier molecular flexibility index (Phi) is 9.91. The number of hydrogen-bond donors (Lipinski definition) is 0. The molecule has 0 bridgehead atoms. The van der Waals surface area contributed by atoms with E-state index in [9.17, 15) is 52.7 Å². The fourth-order valence-corrected chi connectivity index (χ4v) is 5.79. The molecule has 0 unspecified atom stereocenters. The third-order valence-corrected chi connectivity index (χ3v) is 8.27. The number of rotatable bonds is 7. The summed E-state index contributed by atoms with van der Waals surface area (Å²) < 4.78 is 165. The van der Waals surface area contributed by atoms with Gasteiger partial charge in [-0.2, -0.15) is 52.7 Å². The average Bonchev–Trinajstić information content (AvgIpc) is 3.12. The van der Waals surface area contributed by atoms with Crippen LogP contribution in [0.25, 0.3) is 11.1 Å². The maximum Gasteiger partial charge on any atom is 0.416 e. The van der Waals surface area contributed by atoms with Crippen molar-refractivity contribution in [1.29, 1.82) is 0 Å². The zero-order valence-electron chi connectivity index (χ0n) is 27.3. The summed E-state index contributed by atoms with van der Waals surface area (Å²) in [6, 6.07) is 30.4. The van der Waals surface area contributed by atoms with Gasteiger partial charge < -0.3 is 9.80 Å². The minimum Gasteiger partial charge on any atom is -0.310 e. The van der Waals surface area contributed by atoms with E-state index in [4.69, 9.17) is 0 Å². The lowest BCUT2D eigenvalue weighted by molar-refractivity contribution is -0.144. The molecule has 0 spiro atoms. The molecule has 54 heavy (non-hydrogen) atoms. The first-order valence-electron chi connectivity index (χ1n) is 15.8. The molecule has 6 aromatic rings. The highest BCUT2D eigenvalue weighted by Crippen LogP contribution is 2.45. The van der Waals surface area contributed by atoms with E-state index >= 15 is 0 Å². The zero-order valence-corrected chi connectivity index (χ0v) is 27.3. The van der Waals surface area contributed by atoms with Crippen LogP contribution in [0.5, 0.6) is 0 Å². The fraction of sp³-hybridized carbons (Fsp3) is 0.100. The molecule has 0 fully saturated rings. The molecule has 0 atom stereocenters. The van der Waals surface area contributed by atoms with E-state index in [0.29, 0.717) is 35.4 Å². The van der Waals surface area contributed by atoms with Gasteiger partial charge in [0, 0.05) is 34.1 Å². The first kappa shape index (κ1) is 37.8. The number of hydrogen-bond acceptors (Lipinski definition) is 2. The first-order valence-corrected chi connectivity index (χ1v) is 15.8. The van der Waals surface area contributed by atoms with Crippen LogP contribution in [0.3, 0.4) is 0 Å². The van der Waals surface area contributed by atoms with E-state index in [0.717, 1.165) is 0 Å². The molecule has 0 saturated carbocycles. The maximum atomic E-state index is 13.8. The fourth-order valence-electron chi connectivity index (χ4n) is 5.79. The van der Waals surface area contributed by atoms with Crippen molar-refractivity contribution < 1.29 is 52.7 Å². The highest BCUT2D eigenvalue weighted by molar-refractivity contribution is 5.81. The van der Waals surface area contributed by atoms with Gasteiger partial charge in [0.25, 0.3) is 0 Å². The Labute approximate surface area is 300 Å². The minimum atomic E-state index is -5.08. The number of anilines is 6. The minimum absolute atomic E-state index is 0.0423. The topological polar surface area (TPSA) is 6.48 Å². The van der Waals surface area contributed by atoms with Crippen molar-refractivity contribution in [3.05, 3.63) is 168 Å². The Morgan fingerprint density at radius 2 is 0.500 bits per heavy atom.